The Morgan fingerprint density at radius 1 is 0.319 bits per heavy atom. The van der Waals surface area contributed by atoms with Crippen molar-refractivity contribution >= 4 is 59.4 Å². The zero-order valence-electron chi connectivity index (χ0n) is 36.2. The summed E-state index contributed by atoms with van der Waals surface area (Å²) in [6, 6.07) is 3.28. The Hall–Kier alpha value is 1.28. The van der Waals surface area contributed by atoms with E-state index in [1.165, 1.54) is 0 Å². The molecule has 0 aromatic rings. The highest BCUT2D eigenvalue weighted by atomic mass is 28.5. The minimum absolute atomic E-state index is 0.267. The lowest BCUT2D eigenvalue weighted by Crippen LogP contribution is -2.69. The normalized spacial score (nSPS) is 15.8. The predicted molar refractivity (Wildman–Crippen MR) is 224 cm³/mol. The Morgan fingerprint density at radius 2 is 0.511 bits per heavy atom. The van der Waals surface area contributed by atoms with Crippen LogP contribution in [0.1, 0.15) is 102 Å². The molecular formula is C34H84O6Si7. The molecule has 0 heterocycles. The van der Waals surface area contributed by atoms with Crippen molar-refractivity contribution in [2.75, 3.05) is 0 Å². The van der Waals surface area contributed by atoms with Gasteiger partial charge in [-0.1, -0.05) is 83.1 Å². The van der Waals surface area contributed by atoms with E-state index in [0.717, 1.165) is 37.4 Å². The lowest BCUT2D eigenvalue weighted by Gasteiger charge is -2.51. The van der Waals surface area contributed by atoms with Crippen LogP contribution in [0.2, 0.25) is 102 Å². The molecule has 0 aliphatic heterocycles. The van der Waals surface area contributed by atoms with Crippen molar-refractivity contribution in [1.82, 2.24) is 0 Å². The maximum Gasteiger partial charge on any atom is 0.479 e. The van der Waals surface area contributed by atoms with E-state index in [4.69, 9.17) is 24.7 Å². The second kappa shape index (κ2) is 16.1. The van der Waals surface area contributed by atoms with Crippen LogP contribution in [0.15, 0.2) is 0 Å². The second-order valence-electron chi connectivity index (χ2n) is 22.1. The van der Waals surface area contributed by atoms with Crippen LogP contribution in [0, 0.1) is 16.2 Å². The summed E-state index contributed by atoms with van der Waals surface area (Å²) in [7, 11) is -17.9. The largest absolute Gasteiger partial charge is 0.479 e. The first-order valence-electron chi connectivity index (χ1n) is 18.3. The van der Waals surface area contributed by atoms with Gasteiger partial charge in [0.2, 0.25) is 0 Å². The Labute approximate surface area is 303 Å². The zero-order chi connectivity index (χ0) is 38.0. The topological polar surface area (TPSA) is 55.4 Å². The van der Waals surface area contributed by atoms with Gasteiger partial charge in [0.05, 0.1) is 0 Å². The summed E-state index contributed by atoms with van der Waals surface area (Å²) in [6.07, 6.45) is 3.40. The number of hydrogen-bond donors (Lipinski definition) is 0. The minimum atomic E-state index is -3.50. The van der Waals surface area contributed by atoms with Crippen LogP contribution >= 0.6 is 0 Å². The molecule has 0 N–H and O–H groups in total. The Morgan fingerprint density at radius 3 is 0.660 bits per heavy atom. The molecule has 0 aromatic heterocycles. The fourth-order valence-electron chi connectivity index (χ4n) is 5.73. The Bertz CT molecular complexity index is 857. The van der Waals surface area contributed by atoms with Gasteiger partial charge < -0.3 is 24.7 Å². The number of rotatable bonds is 18. The molecule has 0 saturated carbocycles. The monoisotopic (exact) mass is 784 g/mol. The molecule has 0 rings (SSSR count). The van der Waals surface area contributed by atoms with Crippen LogP contribution in [0.25, 0.3) is 0 Å². The van der Waals surface area contributed by atoms with Gasteiger partial charge in [-0.05, 0) is 132 Å². The molecule has 47 heavy (non-hydrogen) atoms. The van der Waals surface area contributed by atoms with Gasteiger partial charge in [0, 0.05) is 5.04 Å². The number of hydrogen-bond acceptors (Lipinski definition) is 6. The van der Waals surface area contributed by atoms with Gasteiger partial charge in [0.1, 0.15) is 0 Å². The highest BCUT2D eigenvalue weighted by molar-refractivity contribution is 6.93. The summed E-state index contributed by atoms with van der Waals surface area (Å²) in [5, 5.41) is -0.410. The van der Waals surface area contributed by atoms with Gasteiger partial charge >= 0.3 is 34.5 Å². The third-order valence-electron chi connectivity index (χ3n) is 8.06. The van der Waals surface area contributed by atoms with E-state index < -0.39 is 64.5 Å². The summed E-state index contributed by atoms with van der Waals surface area (Å²) in [5.41, 5.74) is 0.802. The van der Waals surface area contributed by atoms with E-state index in [2.05, 4.69) is 162 Å². The third kappa shape index (κ3) is 21.4. The van der Waals surface area contributed by atoms with Crippen LogP contribution in [0.3, 0.4) is 0 Å². The van der Waals surface area contributed by atoms with Gasteiger partial charge in [0.15, 0.2) is 25.0 Å². The van der Waals surface area contributed by atoms with Crippen molar-refractivity contribution in [2.45, 2.75) is 204 Å². The molecular weight excluding hydrogens is 701 g/mol. The van der Waals surface area contributed by atoms with Gasteiger partial charge in [-0.25, -0.2) is 0 Å². The highest BCUT2D eigenvalue weighted by Crippen LogP contribution is 2.46. The van der Waals surface area contributed by atoms with Gasteiger partial charge in [-0.3, -0.25) is 0 Å². The van der Waals surface area contributed by atoms with Crippen molar-refractivity contribution in [1.29, 1.82) is 0 Å². The van der Waals surface area contributed by atoms with Crippen LogP contribution in [-0.4, -0.2) is 59.4 Å². The summed E-state index contributed by atoms with van der Waals surface area (Å²) >= 11 is 0. The molecule has 6 nitrogen and oxygen atoms in total. The van der Waals surface area contributed by atoms with Crippen LogP contribution in [-0.2, 0) is 24.7 Å². The van der Waals surface area contributed by atoms with Crippen LogP contribution < -0.4 is 0 Å². The first-order chi connectivity index (χ1) is 20.1. The summed E-state index contributed by atoms with van der Waals surface area (Å²) in [5.74, 6) is 0. The van der Waals surface area contributed by atoms with Gasteiger partial charge in [0.25, 0.3) is 0 Å². The van der Waals surface area contributed by atoms with Crippen molar-refractivity contribution in [2.24, 2.45) is 16.2 Å². The summed E-state index contributed by atoms with van der Waals surface area (Å²) in [6.45, 7) is 54.8. The van der Waals surface area contributed by atoms with Crippen LogP contribution in [0.4, 0.5) is 0 Å². The zero-order valence-corrected chi connectivity index (χ0v) is 43.2. The first kappa shape index (κ1) is 48.3. The van der Waals surface area contributed by atoms with Crippen molar-refractivity contribution in [3.05, 3.63) is 0 Å². The standard InChI is InChI=1S/C34H84O6Si7/c1-31(2,3)25-28-41(13,14)35-44(19,20)38-47(34(10,11)12,39-45(21,22)36-42(15,16)29-26-32(4,5)6)40-46(23,24)37-43(17,18)30-27-33(7,8)9/h25-30H2,1-24H3. The van der Waals surface area contributed by atoms with E-state index in [1.54, 1.807) is 0 Å². The molecule has 13 heteroatoms. The van der Waals surface area contributed by atoms with Gasteiger partial charge in [-0.15, -0.1) is 0 Å². The lowest BCUT2D eigenvalue weighted by molar-refractivity contribution is 0.164. The molecule has 0 fully saturated rings. The highest BCUT2D eigenvalue weighted by Gasteiger charge is 2.63. The molecule has 0 unspecified atom stereocenters. The first-order valence-corrected chi connectivity index (χ1v) is 37.8. The average Bonchev–Trinajstić information content (AvgIpc) is 2.69. The molecule has 0 atom stereocenters. The molecule has 0 bridgehead atoms. The molecule has 0 amide bonds. The Kier molecular flexibility index (Phi) is 16.5. The molecule has 0 spiro atoms. The minimum Gasteiger partial charge on any atom is -0.436 e. The Balaban J connectivity index is 6.85. The molecule has 0 aromatic carbocycles. The lowest BCUT2D eigenvalue weighted by atomic mass is 9.94. The van der Waals surface area contributed by atoms with E-state index in [9.17, 15) is 0 Å². The fraction of sp³-hybridized carbons (Fsp3) is 1.00. The van der Waals surface area contributed by atoms with E-state index >= 15 is 0 Å². The SMILES string of the molecule is CC(C)(C)CC[Si](C)(C)O[Si](C)(C)O[Si](O[Si](C)(C)O[Si](C)(C)CCC(C)(C)C)(O[Si](C)(C)O[Si](C)(C)CCC(C)(C)C)C(C)(C)C. The van der Waals surface area contributed by atoms with Crippen molar-refractivity contribution in [3.63, 3.8) is 0 Å². The van der Waals surface area contributed by atoms with Gasteiger partial charge in [-0.2, -0.15) is 0 Å². The predicted octanol–water partition coefficient (Wildman–Crippen LogP) is 12.9. The second-order valence-corrected chi connectivity index (χ2v) is 50.0. The van der Waals surface area contributed by atoms with E-state index in [1.807, 2.05) is 0 Å². The maximum absolute atomic E-state index is 7.47. The molecule has 0 radical (unpaired) electrons. The molecule has 0 aliphatic carbocycles. The third-order valence-corrected chi connectivity index (χ3v) is 35.9. The summed E-state index contributed by atoms with van der Waals surface area (Å²) in [4.78, 5) is 0. The molecule has 0 aliphatic rings. The summed E-state index contributed by atoms with van der Waals surface area (Å²) < 4.78 is 43.9. The quantitative estimate of drug-likeness (QED) is 0.129. The smallest absolute Gasteiger partial charge is 0.436 e. The maximum atomic E-state index is 7.47. The molecule has 0 saturated heterocycles. The van der Waals surface area contributed by atoms with Crippen molar-refractivity contribution in [3.8, 4) is 0 Å². The average molecular weight is 786 g/mol. The van der Waals surface area contributed by atoms with Crippen LogP contribution in [0.5, 0.6) is 0 Å². The fourth-order valence-corrected chi connectivity index (χ4v) is 41.7. The van der Waals surface area contributed by atoms with E-state index in [0.29, 0.717) is 0 Å². The van der Waals surface area contributed by atoms with Crippen molar-refractivity contribution < 1.29 is 24.7 Å². The molecule has 284 valence electrons. The van der Waals surface area contributed by atoms with E-state index in [-0.39, 0.29) is 16.2 Å².